The Hall–Kier alpha value is -1.02. The molecule has 0 aliphatic carbocycles. The van der Waals surface area contributed by atoms with Crippen LogP contribution in [-0.2, 0) is 6.54 Å². The summed E-state index contributed by atoms with van der Waals surface area (Å²) in [5.74, 6) is 0.399. The molecule has 0 saturated carbocycles. The zero-order chi connectivity index (χ0) is 11.4. The summed E-state index contributed by atoms with van der Waals surface area (Å²) in [6, 6.07) is 3.94. The molecular formula is C13H21NO. The zero-order valence-electron chi connectivity index (χ0n) is 10.2. The van der Waals surface area contributed by atoms with Crippen molar-refractivity contribution in [3.8, 4) is 5.75 Å². The van der Waals surface area contributed by atoms with Crippen molar-refractivity contribution in [3.05, 3.63) is 28.8 Å². The first kappa shape index (κ1) is 12.1. The van der Waals surface area contributed by atoms with Gasteiger partial charge in [-0.25, -0.2) is 0 Å². The highest BCUT2D eigenvalue weighted by Crippen LogP contribution is 2.22. The summed E-state index contributed by atoms with van der Waals surface area (Å²) in [6.45, 7) is 11.4. The maximum atomic E-state index is 9.56. The molecular weight excluding hydrogens is 186 g/mol. The molecule has 0 aliphatic rings. The molecule has 1 aromatic carbocycles. The summed E-state index contributed by atoms with van der Waals surface area (Å²) in [6.07, 6.45) is 0. The molecule has 0 aromatic heterocycles. The molecule has 1 aromatic rings. The fourth-order valence-corrected chi connectivity index (χ4v) is 1.72. The first-order valence-corrected chi connectivity index (χ1v) is 5.59. The van der Waals surface area contributed by atoms with E-state index in [0.717, 1.165) is 25.2 Å². The maximum Gasteiger partial charge on any atom is 0.118 e. The Labute approximate surface area is 92.5 Å². The number of aryl methyl sites for hydroxylation is 2. The first-order valence-electron chi connectivity index (χ1n) is 5.59. The highest BCUT2D eigenvalue weighted by atomic mass is 16.3. The first-order chi connectivity index (χ1) is 7.08. The van der Waals surface area contributed by atoms with Crippen molar-refractivity contribution in [2.75, 3.05) is 13.1 Å². The van der Waals surface area contributed by atoms with Gasteiger partial charge in [0.25, 0.3) is 0 Å². The van der Waals surface area contributed by atoms with Crippen molar-refractivity contribution in [1.29, 1.82) is 0 Å². The summed E-state index contributed by atoms with van der Waals surface area (Å²) >= 11 is 0. The number of phenolic OH excluding ortho intramolecular Hbond substituents is 1. The molecule has 0 spiro atoms. The minimum atomic E-state index is 0.399. The van der Waals surface area contributed by atoms with Crippen molar-refractivity contribution in [3.63, 3.8) is 0 Å². The van der Waals surface area contributed by atoms with Gasteiger partial charge in [0.2, 0.25) is 0 Å². The van der Waals surface area contributed by atoms with Crippen LogP contribution in [0.25, 0.3) is 0 Å². The molecule has 0 amide bonds. The monoisotopic (exact) mass is 207 g/mol. The Kier molecular flexibility index (Phi) is 4.15. The maximum absolute atomic E-state index is 9.56. The topological polar surface area (TPSA) is 23.5 Å². The number of phenols is 1. The number of benzene rings is 1. The van der Waals surface area contributed by atoms with Gasteiger partial charge in [0, 0.05) is 6.54 Å². The molecule has 15 heavy (non-hydrogen) atoms. The normalized spacial score (nSPS) is 11.0. The van der Waals surface area contributed by atoms with Crippen LogP contribution in [0.4, 0.5) is 0 Å². The summed E-state index contributed by atoms with van der Waals surface area (Å²) in [7, 11) is 0. The summed E-state index contributed by atoms with van der Waals surface area (Å²) in [4.78, 5) is 2.37. The highest BCUT2D eigenvalue weighted by Gasteiger charge is 2.06. The molecule has 0 bridgehead atoms. The molecule has 0 atom stereocenters. The molecule has 0 heterocycles. The van der Waals surface area contributed by atoms with E-state index in [1.165, 1.54) is 11.1 Å². The number of rotatable bonds is 4. The molecule has 1 rings (SSSR count). The Balaban J connectivity index is 2.89. The van der Waals surface area contributed by atoms with Crippen LogP contribution in [0.1, 0.15) is 30.5 Å². The lowest BCUT2D eigenvalue weighted by molar-refractivity contribution is 0.295. The van der Waals surface area contributed by atoms with Gasteiger partial charge in [-0.15, -0.1) is 0 Å². The van der Waals surface area contributed by atoms with Gasteiger partial charge in [-0.05, 0) is 49.7 Å². The highest BCUT2D eigenvalue weighted by molar-refractivity contribution is 5.40. The van der Waals surface area contributed by atoms with Crippen LogP contribution in [0, 0.1) is 13.8 Å². The van der Waals surface area contributed by atoms with E-state index >= 15 is 0 Å². The van der Waals surface area contributed by atoms with Gasteiger partial charge in [0.1, 0.15) is 5.75 Å². The fourth-order valence-electron chi connectivity index (χ4n) is 1.72. The second kappa shape index (κ2) is 5.17. The largest absolute Gasteiger partial charge is 0.508 e. The molecule has 2 heteroatoms. The van der Waals surface area contributed by atoms with E-state index in [9.17, 15) is 5.11 Å². The molecule has 0 unspecified atom stereocenters. The van der Waals surface area contributed by atoms with E-state index in [1.54, 1.807) is 0 Å². The molecule has 0 fully saturated rings. The average molecular weight is 207 g/mol. The van der Waals surface area contributed by atoms with E-state index in [2.05, 4.69) is 31.7 Å². The third-order valence-electron chi connectivity index (χ3n) is 2.94. The van der Waals surface area contributed by atoms with Crippen LogP contribution in [-0.4, -0.2) is 23.1 Å². The number of hydrogen-bond acceptors (Lipinski definition) is 2. The second-order valence-corrected chi connectivity index (χ2v) is 4.03. The van der Waals surface area contributed by atoms with Crippen molar-refractivity contribution in [2.45, 2.75) is 34.2 Å². The Morgan fingerprint density at radius 1 is 1.07 bits per heavy atom. The summed E-state index contributed by atoms with van der Waals surface area (Å²) in [5.41, 5.74) is 3.45. The Morgan fingerprint density at radius 2 is 1.67 bits per heavy atom. The van der Waals surface area contributed by atoms with Gasteiger partial charge in [-0.3, -0.25) is 4.90 Å². The molecule has 0 saturated heterocycles. The van der Waals surface area contributed by atoms with Gasteiger partial charge >= 0.3 is 0 Å². The number of aromatic hydroxyl groups is 1. The van der Waals surface area contributed by atoms with Crippen LogP contribution in [0.3, 0.4) is 0 Å². The smallest absolute Gasteiger partial charge is 0.118 e. The van der Waals surface area contributed by atoms with Gasteiger partial charge in [-0.2, -0.15) is 0 Å². The average Bonchev–Trinajstić information content (AvgIpc) is 2.21. The molecule has 1 N–H and O–H groups in total. The predicted molar refractivity (Wildman–Crippen MR) is 64.2 cm³/mol. The third kappa shape index (κ3) is 2.96. The van der Waals surface area contributed by atoms with Gasteiger partial charge in [-0.1, -0.05) is 19.9 Å². The lowest BCUT2D eigenvalue weighted by Crippen LogP contribution is -2.22. The lowest BCUT2D eigenvalue weighted by atomic mass is 10.0. The van der Waals surface area contributed by atoms with Crippen LogP contribution in [0.2, 0.25) is 0 Å². The van der Waals surface area contributed by atoms with Crippen LogP contribution in [0.15, 0.2) is 12.1 Å². The minimum absolute atomic E-state index is 0.399. The SMILES string of the molecule is CCN(CC)Cc1cc(C)c(O)cc1C. The third-order valence-corrected chi connectivity index (χ3v) is 2.94. The van der Waals surface area contributed by atoms with E-state index in [-0.39, 0.29) is 0 Å². The predicted octanol–water partition coefficient (Wildman–Crippen LogP) is 2.85. The fraction of sp³-hybridized carbons (Fsp3) is 0.538. The van der Waals surface area contributed by atoms with E-state index < -0.39 is 0 Å². The minimum Gasteiger partial charge on any atom is -0.508 e. The number of hydrogen-bond donors (Lipinski definition) is 1. The molecule has 0 radical (unpaired) electrons. The van der Waals surface area contributed by atoms with Crippen molar-refractivity contribution >= 4 is 0 Å². The standard InChI is InChI=1S/C13H21NO/c1-5-14(6-2)9-12-7-11(4)13(15)8-10(12)3/h7-8,15H,5-6,9H2,1-4H3. The second-order valence-electron chi connectivity index (χ2n) is 4.03. The van der Waals surface area contributed by atoms with Crippen LogP contribution < -0.4 is 0 Å². The molecule has 2 nitrogen and oxygen atoms in total. The Bertz CT molecular complexity index is 330. The van der Waals surface area contributed by atoms with Crippen LogP contribution in [0.5, 0.6) is 5.75 Å². The summed E-state index contributed by atoms with van der Waals surface area (Å²) < 4.78 is 0. The van der Waals surface area contributed by atoms with E-state index in [4.69, 9.17) is 0 Å². The quantitative estimate of drug-likeness (QED) is 0.820. The Morgan fingerprint density at radius 3 is 2.20 bits per heavy atom. The molecule has 84 valence electrons. The number of nitrogens with zero attached hydrogens (tertiary/aromatic N) is 1. The van der Waals surface area contributed by atoms with Crippen LogP contribution >= 0.6 is 0 Å². The van der Waals surface area contributed by atoms with Gasteiger partial charge in [0.05, 0.1) is 0 Å². The van der Waals surface area contributed by atoms with Crippen molar-refractivity contribution in [1.82, 2.24) is 4.90 Å². The van der Waals surface area contributed by atoms with Crippen molar-refractivity contribution < 1.29 is 5.11 Å². The zero-order valence-corrected chi connectivity index (χ0v) is 10.2. The van der Waals surface area contributed by atoms with E-state index in [1.807, 2.05) is 13.0 Å². The van der Waals surface area contributed by atoms with Crippen molar-refractivity contribution in [2.24, 2.45) is 0 Å². The van der Waals surface area contributed by atoms with E-state index in [0.29, 0.717) is 5.75 Å². The lowest BCUT2D eigenvalue weighted by Gasteiger charge is -2.20. The molecule has 0 aliphatic heterocycles. The van der Waals surface area contributed by atoms with Gasteiger partial charge < -0.3 is 5.11 Å². The summed E-state index contributed by atoms with van der Waals surface area (Å²) in [5, 5.41) is 9.56. The van der Waals surface area contributed by atoms with Gasteiger partial charge in [0.15, 0.2) is 0 Å².